The molecular weight excluding hydrogens is 174 g/mol. The highest BCUT2D eigenvalue weighted by atomic mass is 16.1. The Balaban J connectivity index is 2.55. The fraction of sp³-hybridized carbons (Fsp3) is 0.583. The third kappa shape index (κ3) is 1.39. The first-order valence-corrected chi connectivity index (χ1v) is 5.32. The second-order valence-electron chi connectivity index (χ2n) is 4.61. The molecule has 0 unspecified atom stereocenters. The Morgan fingerprint density at radius 2 is 2.21 bits per heavy atom. The molecule has 0 spiro atoms. The van der Waals surface area contributed by atoms with Crippen LogP contribution in [0.4, 0.5) is 0 Å². The van der Waals surface area contributed by atoms with Crippen molar-refractivity contribution in [1.82, 2.24) is 4.98 Å². The lowest BCUT2D eigenvalue weighted by molar-refractivity contribution is 0.492. The Kier molecular flexibility index (Phi) is 2.22. The van der Waals surface area contributed by atoms with Crippen LogP contribution in [0.25, 0.3) is 0 Å². The van der Waals surface area contributed by atoms with Gasteiger partial charge < -0.3 is 4.98 Å². The SMILES string of the molecule is Cc1cc2c(c(=O)[nH]1)[C@@H](C(C)C)CC2. The lowest BCUT2D eigenvalue weighted by atomic mass is 9.91. The van der Waals surface area contributed by atoms with E-state index in [9.17, 15) is 4.79 Å². The summed E-state index contributed by atoms with van der Waals surface area (Å²) in [6.45, 7) is 6.34. The van der Waals surface area contributed by atoms with Gasteiger partial charge in [0.2, 0.25) is 0 Å². The summed E-state index contributed by atoms with van der Waals surface area (Å²) in [6, 6.07) is 2.12. The number of rotatable bonds is 1. The molecule has 1 aliphatic rings. The zero-order valence-electron chi connectivity index (χ0n) is 9.05. The van der Waals surface area contributed by atoms with Gasteiger partial charge in [-0.3, -0.25) is 4.79 Å². The first-order chi connectivity index (χ1) is 6.59. The Labute approximate surface area is 84.4 Å². The number of aromatic amines is 1. The van der Waals surface area contributed by atoms with E-state index in [-0.39, 0.29) is 5.56 Å². The predicted molar refractivity (Wildman–Crippen MR) is 57.7 cm³/mol. The minimum Gasteiger partial charge on any atom is -0.326 e. The number of aryl methyl sites for hydroxylation is 2. The molecule has 2 rings (SSSR count). The summed E-state index contributed by atoms with van der Waals surface area (Å²) in [7, 11) is 0. The summed E-state index contributed by atoms with van der Waals surface area (Å²) >= 11 is 0. The molecule has 1 aromatic rings. The van der Waals surface area contributed by atoms with Gasteiger partial charge in [-0.25, -0.2) is 0 Å². The van der Waals surface area contributed by atoms with E-state index in [1.54, 1.807) is 0 Å². The highest BCUT2D eigenvalue weighted by Crippen LogP contribution is 2.35. The highest BCUT2D eigenvalue weighted by molar-refractivity contribution is 5.34. The Morgan fingerprint density at radius 1 is 1.50 bits per heavy atom. The largest absolute Gasteiger partial charge is 0.326 e. The number of nitrogens with one attached hydrogen (secondary N) is 1. The van der Waals surface area contributed by atoms with E-state index in [1.807, 2.05) is 6.92 Å². The number of hydrogen-bond acceptors (Lipinski definition) is 1. The van der Waals surface area contributed by atoms with E-state index in [4.69, 9.17) is 0 Å². The van der Waals surface area contributed by atoms with E-state index in [1.165, 1.54) is 5.56 Å². The van der Waals surface area contributed by atoms with Crippen LogP contribution in [0.15, 0.2) is 10.9 Å². The third-order valence-electron chi connectivity index (χ3n) is 3.19. The first-order valence-electron chi connectivity index (χ1n) is 5.32. The molecule has 1 N–H and O–H groups in total. The molecule has 0 fully saturated rings. The molecule has 76 valence electrons. The summed E-state index contributed by atoms with van der Waals surface area (Å²) in [5.41, 5.74) is 3.44. The average molecular weight is 191 g/mol. The Bertz CT molecular complexity index is 403. The third-order valence-corrected chi connectivity index (χ3v) is 3.19. The van der Waals surface area contributed by atoms with Crippen molar-refractivity contribution < 1.29 is 0 Å². The normalized spacial score (nSPS) is 20.1. The maximum absolute atomic E-state index is 11.8. The van der Waals surface area contributed by atoms with E-state index in [0.717, 1.165) is 24.1 Å². The molecule has 2 nitrogen and oxygen atoms in total. The van der Waals surface area contributed by atoms with Crippen molar-refractivity contribution in [2.45, 2.75) is 39.5 Å². The van der Waals surface area contributed by atoms with Crippen molar-refractivity contribution in [3.05, 3.63) is 33.2 Å². The van der Waals surface area contributed by atoms with Crippen LogP contribution in [-0.4, -0.2) is 4.98 Å². The summed E-state index contributed by atoms with van der Waals surface area (Å²) in [5, 5.41) is 0. The second kappa shape index (κ2) is 3.26. The van der Waals surface area contributed by atoms with E-state index in [0.29, 0.717) is 11.8 Å². The van der Waals surface area contributed by atoms with Crippen LogP contribution in [0, 0.1) is 12.8 Å². The molecule has 0 bridgehead atoms. The van der Waals surface area contributed by atoms with Crippen LogP contribution in [0.1, 0.15) is 43.0 Å². The van der Waals surface area contributed by atoms with Gasteiger partial charge in [0.15, 0.2) is 0 Å². The molecule has 2 heteroatoms. The van der Waals surface area contributed by atoms with Crippen LogP contribution in [0.3, 0.4) is 0 Å². The van der Waals surface area contributed by atoms with Gasteiger partial charge in [0.25, 0.3) is 5.56 Å². The summed E-state index contributed by atoms with van der Waals surface area (Å²) in [6.07, 6.45) is 2.21. The molecule has 1 heterocycles. The number of hydrogen-bond donors (Lipinski definition) is 1. The number of aromatic nitrogens is 1. The standard InChI is InChI=1S/C12H17NO/c1-7(2)10-5-4-9-6-8(3)13-12(14)11(9)10/h6-7,10H,4-5H2,1-3H3,(H,13,14)/t10-/m1/s1. The zero-order chi connectivity index (χ0) is 10.3. The van der Waals surface area contributed by atoms with E-state index < -0.39 is 0 Å². The van der Waals surface area contributed by atoms with Crippen molar-refractivity contribution in [2.24, 2.45) is 5.92 Å². The number of fused-ring (bicyclic) bond motifs is 1. The van der Waals surface area contributed by atoms with Crippen LogP contribution in [0.2, 0.25) is 0 Å². The van der Waals surface area contributed by atoms with Crippen LogP contribution in [0.5, 0.6) is 0 Å². The lowest BCUT2D eigenvalue weighted by Crippen LogP contribution is -2.18. The van der Waals surface area contributed by atoms with Crippen molar-refractivity contribution in [3.8, 4) is 0 Å². The van der Waals surface area contributed by atoms with Gasteiger partial charge >= 0.3 is 0 Å². The molecule has 1 aliphatic carbocycles. The van der Waals surface area contributed by atoms with Crippen LogP contribution >= 0.6 is 0 Å². The fourth-order valence-electron chi connectivity index (χ4n) is 2.50. The maximum Gasteiger partial charge on any atom is 0.251 e. The van der Waals surface area contributed by atoms with Crippen molar-refractivity contribution in [1.29, 1.82) is 0 Å². The molecular formula is C12H17NO. The molecule has 0 aliphatic heterocycles. The average Bonchev–Trinajstić information content (AvgIpc) is 2.47. The summed E-state index contributed by atoms with van der Waals surface area (Å²) in [4.78, 5) is 14.7. The monoisotopic (exact) mass is 191 g/mol. The quantitative estimate of drug-likeness (QED) is 0.726. The number of pyridine rings is 1. The highest BCUT2D eigenvalue weighted by Gasteiger charge is 2.27. The molecule has 0 saturated carbocycles. The molecule has 1 atom stereocenters. The molecule has 0 radical (unpaired) electrons. The minimum absolute atomic E-state index is 0.135. The predicted octanol–water partition coefficient (Wildman–Crippen LogP) is 2.37. The van der Waals surface area contributed by atoms with Gasteiger partial charge in [0.05, 0.1) is 0 Å². The minimum atomic E-state index is 0.135. The lowest BCUT2D eigenvalue weighted by Gasteiger charge is -2.14. The molecule has 0 aromatic carbocycles. The van der Waals surface area contributed by atoms with Gasteiger partial charge in [-0.2, -0.15) is 0 Å². The van der Waals surface area contributed by atoms with Gasteiger partial charge in [0.1, 0.15) is 0 Å². The molecule has 1 aromatic heterocycles. The second-order valence-corrected chi connectivity index (χ2v) is 4.61. The van der Waals surface area contributed by atoms with E-state index in [2.05, 4.69) is 24.9 Å². The smallest absolute Gasteiger partial charge is 0.251 e. The van der Waals surface area contributed by atoms with Crippen LogP contribution < -0.4 is 5.56 Å². The fourth-order valence-corrected chi connectivity index (χ4v) is 2.50. The van der Waals surface area contributed by atoms with Crippen molar-refractivity contribution in [3.63, 3.8) is 0 Å². The molecule has 14 heavy (non-hydrogen) atoms. The van der Waals surface area contributed by atoms with Gasteiger partial charge in [-0.15, -0.1) is 0 Å². The Hall–Kier alpha value is -1.05. The van der Waals surface area contributed by atoms with Crippen LogP contribution in [-0.2, 0) is 6.42 Å². The molecule has 0 saturated heterocycles. The first kappa shape index (κ1) is 9.50. The Morgan fingerprint density at radius 3 is 2.86 bits per heavy atom. The van der Waals surface area contributed by atoms with Gasteiger partial charge in [-0.05, 0) is 43.2 Å². The summed E-state index contributed by atoms with van der Waals surface area (Å²) < 4.78 is 0. The van der Waals surface area contributed by atoms with Gasteiger partial charge in [-0.1, -0.05) is 13.8 Å². The zero-order valence-corrected chi connectivity index (χ0v) is 9.05. The molecule has 0 amide bonds. The topological polar surface area (TPSA) is 32.9 Å². The summed E-state index contributed by atoms with van der Waals surface area (Å²) in [5.74, 6) is 1.04. The van der Waals surface area contributed by atoms with Gasteiger partial charge in [0, 0.05) is 11.3 Å². The number of H-pyrrole nitrogens is 1. The van der Waals surface area contributed by atoms with E-state index >= 15 is 0 Å². The van der Waals surface area contributed by atoms with Crippen molar-refractivity contribution >= 4 is 0 Å². The maximum atomic E-state index is 11.8. The van der Waals surface area contributed by atoms with Crippen molar-refractivity contribution in [2.75, 3.05) is 0 Å².